The molecule has 0 amide bonds. The minimum Gasteiger partial charge on any atom is -0.365 e. The van der Waals surface area contributed by atoms with E-state index in [-0.39, 0.29) is 0 Å². The Morgan fingerprint density at radius 3 is 2.40 bits per heavy atom. The van der Waals surface area contributed by atoms with E-state index in [0.717, 1.165) is 24.3 Å². The highest BCUT2D eigenvalue weighted by Gasteiger charge is 2.49. The van der Waals surface area contributed by atoms with Gasteiger partial charge in [0.25, 0.3) is 5.95 Å². The molecule has 6 nitrogen and oxygen atoms in total. The fourth-order valence-corrected chi connectivity index (χ4v) is 5.14. The summed E-state index contributed by atoms with van der Waals surface area (Å²) in [7, 11) is 0. The van der Waals surface area contributed by atoms with Crippen LogP contribution < -0.4 is 11.2 Å². The van der Waals surface area contributed by atoms with E-state index in [1.54, 1.807) is 0 Å². The van der Waals surface area contributed by atoms with Gasteiger partial charge in [0.05, 0.1) is 6.54 Å². The van der Waals surface area contributed by atoms with Crippen molar-refractivity contribution < 1.29 is 0 Å². The minimum atomic E-state index is 0.299. The summed E-state index contributed by atoms with van der Waals surface area (Å²) in [5, 5.41) is 10.9. The standard InChI is InChI=1S/C14H22N6/c15-13-17-18-19-20(13)16-3-1-2-14-7-10-4-11(8-14)6-12(5-10)9-14/h1-2,10-12,16H,3-9H2,(H2,15,17,19)/b2-1+. The van der Waals surface area contributed by atoms with Crippen molar-refractivity contribution in [2.24, 2.45) is 23.2 Å². The van der Waals surface area contributed by atoms with Gasteiger partial charge in [-0.25, -0.2) is 0 Å². The van der Waals surface area contributed by atoms with E-state index in [1.807, 2.05) is 0 Å². The van der Waals surface area contributed by atoms with Gasteiger partial charge in [-0.15, -0.1) is 4.79 Å². The molecule has 4 aliphatic carbocycles. The van der Waals surface area contributed by atoms with Crippen LogP contribution in [0.5, 0.6) is 0 Å². The molecule has 4 saturated carbocycles. The Kier molecular flexibility index (Phi) is 2.72. The Hall–Kier alpha value is -1.59. The predicted molar refractivity (Wildman–Crippen MR) is 76.2 cm³/mol. The lowest BCUT2D eigenvalue weighted by Gasteiger charge is -2.55. The minimum absolute atomic E-state index is 0.299. The van der Waals surface area contributed by atoms with Crippen LogP contribution in [0.2, 0.25) is 0 Å². The molecule has 0 radical (unpaired) electrons. The fourth-order valence-electron chi connectivity index (χ4n) is 5.14. The Morgan fingerprint density at radius 1 is 1.20 bits per heavy atom. The van der Waals surface area contributed by atoms with Gasteiger partial charge in [-0.1, -0.05) is 17.3 Å². The summed E-state index contributed by atoms with van der Waals surface area (Å²) in [5.41, 5.74) is 9.19. The van der Waals surface area contributed by atoms with Crippen molar-refractivity contribution in [1.29, 1.82) is 0 Å². The van der Waals surface area contributed by atoms with Crippen molar-refractivity contribution in [1.82, 2.24) is 20.3 Å². The van der Waals surface area contributed by atoms with Crippen molar-refractivity contribution in [2.75, 3.05) is 17.7 Å². The lowest BCUT2D eigenvalue weighted by molar-refractivity contribution is -0.0238. The lowest BCUT2D eigenvalue weighted by Crippen LogP contribution is -2.45. The number of nitrogens with two attached hydrogens (primary N) is 1. The van der Waals surface area contributed by atoms with Gasteiger partial charge < -0.3 is 11.2 Å². The molecule has 6 heteroatoms. The molecule has 4 aliphatic rings. The summed E-state index contributed by atoms with van der Waals surface area (Å²) in [6, 6.07) is 0. The summed E-state index contributed by atoms with van der Waals surface area (Å²) in [6.07, 6.45) is 13.4. The van der Waals surface area contributed by atoms with E-state index in [0.29, 0.717) is 11.4 Å². The Bertz CT molecular complexity index is 484. The van der Waals surface area contributed by atoms with E-state index in [9.17, 15) is 0 Å². The molecule has 1 aromatic heterocycles. The smallest absolute Gasteiger partial charge is 0.260 e. The molecule has 108 valence electrons. The fraction of sp³-hybridized carbons (Fsp3) is 0.786. The summed E-state index contributed by atoms with van der Waals surface area (Å²) in [6.45, 7) is 0.719. The van der Waals surface area contributed by atoms with Crippen LogP contribution in [0.4, 0.5) is 5.95 Å². The number of aromatic nitrogens is 4. The van der Waals surface area contributed by atoms with Gasteiger partial charge >= 0.3 is 0 Å². The van der Waals surface area contributed by atoms with Crippen LogP contribution in [0.25, 0.3) is 0 Å². The molecule has 4 fully saturated rings. The van der Waals surface area contributed by atoms with E-state index in [4.69, 9.17) is 5.73 Å². The SMILES string of the molecule is Nc1nnnn1NC/C=C/C12CC3CC(CC(C3)C1)C2. The summed E-state index contributed by atoms with van der Waals surface area (Å²) >= 11 is 0. The maximum Gasteiger partial charge on any atom is 0.260 e. The Morgan fingerprint density at radius 2 is 1.85 bits per heavy atom. The number of hydrogen-bond donors (Lipinski definition) is 2. The number of nitrogen functional groups attached to an aromatic ring is 1. The van der Waals surface area contributed by atoms with E-state index < -0.39 is 0 Å². The molecule has 0 aliphatic heterocycles. The predicted octanol–water partition coefficient (Wildman–Crippen LogP) is 1.57. The second-order valence-electron chi connectivity index (χ2n) is 6.99. The highest BCUT2D eigenvalue weighted by molar-refractivity contribution is 5.14. The highest BCUT2D eigenvalue weighted by atomic mass is 15.7. The van der Waals surface area contributed by atoms with Gasteiger partial charge in [0.1, 0.15) is 0 Å². The number of nitrogens with zero attached hydrogens (tertiary/aromatic N) is 4. The van der Waals surface area contributed by atoms with Gasteiger partial charge in [-0.05, 0) is 72.1 Å². The van der Waals surface area contributed by atoms with Crippen LogP contribution in [0.15, 0.2) is 12.2 Å². The molecular weight excluding hydrogens is 252 g/mol. The Labute approximate surface area is 118 Å². The quantitative estimate of drug-likeness (QED) is 0.814. The molecule has 1 heterocycles. The van der Waals surface area contributed by atoms with Gasteiger partial charge in [0.15, 0.2) is 0 Å². The molecule has 0 saturated heterocycles. The molecule has 5 rings (SSSR count). The number of allylic oxidation sites excluding steroid dienone is 1. The second kappa shape index (κ2) is 4.46. The van der Waals surface area contributed by atoms with E-state index in [2.05, 4.69) is 33.1 Å². The molecule has 1 aromatic rings. The van der Waals surface area contributed by atoms with Crippen LogP contribution in [0.1, 0.15) is 38.5 Å². The molecule has 0 atom stereocenters. The average molecular weight is 274 g/mol. The summed E-state index contributed by atoms with van der Waals surface area (Å²) < 4.78 is 0. The van der Waals surface area contributed by atoms with Crippen molar-refractivity contribution >= 4 is 5.95 Å². The van der Waals surface area contributed by atoms with Crippen LogP contribution in [0.3, 0.4) is 0 Å². The first-order valence-electron chi connectivity index (χ1n) is 7.68. The van der Waals surface area contributed by atoms with E-state index >= 15 is 0 Å². The second-order valence-corrected chi connectivity index (χ2v) is 6.99. The van der Waals surface area contributed by atoms with Crippen molar-refractivity contribution in [2.45, 2.75) is 38.5 Å². The maximum atomic E-state index is 5.61. The maximum absolute atomic E-state index is 5.61. The number of anilines is 1. The third-order valence-corrected chi connectivity index (χ3v) is 5.41. The van der Waals surface area contributed by atoms with Crippen molar-refractivity contribution in [3.05, 3.63) is 12.2 Å². The topological polar surface area (TPSA) is 81.7 Å². The summed E-state index contributed by atoms with van der Waals surface area (Å²) in [5.74, 6) is 3.28. The third-order valence-electron chi connectivity index (χ3n) is 5.41. The molecule has 0 spiro atoms. The monoisotopic (exact) mass is 274 g/mol. The summed E-state index contributed by atoms with van der Waals surface area (Å²) in [4.78, 5) is 1.42. The van der Waals surface area contributed by atoms with Crippen molar-refractivity contribution in [3.8, 4) is 0 Å². The van der Waals surface area contributed by atoms with Crippen LogP contribution in [0, 0.1) is 23.2 Å². The largest absolute Gasteiger partial charge is 0.365 e. The average Bonchev–Trinajstić information content (AvgIpc) is 2.79. The molecule has 20 heavy (non-hydrogen) atoms. The van der Waals surface area contributed by atoms with Gasteiger partial charge in [0, 0.05) is 0 Å². The molecule has 3 N–H and O–H groups in total. The number of rotatable bonds is 4. The van der Waals surface area contributed by atoms with Gasteiger partial charge in [-0.3, -0.25) is 0 Å². The normalized spacial score (nSPS) is 38.7. The van der Waals surface area contributed by atoms with Gasteiger partial charge in [0.2, 0.25) is 0 Å². The number of nitrogens with one attached hydrogen (secondary N) is 1. The van der Waals surface area contributed by atoms with Crippen LogP contribution in [-0.2, 0) is 0 Å². The lowest BCUT2D eigenvalue weighted by atomic mass is 9.49. The highest BCUT2D eigenvalue weighted by Crippen LogP contribution is 2.60. The number of hydrogen-bond acceptors (Lipinski definition) is 5. The number of tetrazole rings is 1. The zero-order valence-electron chi connectivity index (χ0n) is 11.7. The van der Waals surface area contributed by atoms with Crippen LogP contribution in [-0.4, -0.2) is 26.9 Å². The molecule has 0 unspecified atom stereocenters. The molecular formula is C14H22N6. The molecule has 4 bridgehead atoms. The van der Waals surface area contributed by atoms with Gasteiger partial charge in [-0.2, -0.15) is 0 Å². The Balaban J connectivity index is 1.39. The zero-order valence-corrected chi connectivity index (χ0v) is 11.7. The first-order chi connectivity index (χ1) is 9.72. The third kappa shape index (κ3) is 2.07. The first kappa shape index (κ1) is 12.2. The van der Waals surface area contributed by atoms with Crippen molar-refractivity contribution in [3.63, 3.8) is 0 Å². The first-order valence-corrected chi connectivity index (χ1v) is 7.68. The molecule has 0 aromatic carbocycles. The zero-order chi connectivity index (χ0) is 13.6. The van der Waals surface area contributed by atoms with Crippen LogP contribution >= 0.6 is 0 Å². The van der Waals surface area contributed by atoms with E-state index in [1.165, 1.54) is 43.3 Å².